The number of para-hydroxylation sites is 1. The zero-order chi connectivity index (χ0) is 19.1. The third-order valence-electron chi connectivity index (χ3n) is 4.53. The number of nitrogens with zero attached hydrogens (tertiary/aromatic N) is 2. The van der Waals surface area contributed by atoms with Gasteiger partial charge in [-0.1, -0.05) is 18.2 Å². The van der Waals surface area contributed by atoms with Gasteiger partial charge in [0, 0.05) is 13.1 Å². The Balaban J connectivity index is 1.47. The van der Waals surface area contributed by atoms with Crippen LogP contribution in [0.1, 0.15) is 19.3 Å². The van der Waals surface area contributed by atoms with E-state index in [9.17, 15) is 9.59 Å². The number of rotatable bonds is 6. The normalized spacial score (nSPS) is 16.6. The van der Waals surface area contributed by atoms with Crippen LogP contribution in [0.3, 0.4) is 0 Å². The molecule has 0 saturated carbocycles. The Bertz CT molecular complexity index is 765. The molecule has 1 saturated heterocycles. The quantitative estimate of drug-likeness (QED) is 0.815. The largest absolute Gasteiger partial charge is 0.493 e. The van der Waals surface area contributed by atoms with Crippen molar-refractivity contribution in [3.8, 4) is 5.75 Å². The monoisotopic (exact) mass is 368 g/mol. The standard InChI is InChI=1S/C20H24N4O3/c21-18-9-8-16(13-22-18)23-20(26)15-5-4-11-24(14-15)19(25)10-12-27-17-6-2-1-3-7-17/h1-3,6-9,13,15H,4-5,10-12,14H2,(H2,21,22)(H,23,26). The van der Waals surface area contributed by atoms with E-state index in [1.807, 2.05) is 30.3 Å². The zero-order valence-electron chi connectivity index (χ0n) is 15.1. The van der Waals surface area contributed by atoms with E-state index in [-0.39, 0.29) is 17.7 Å². The molecule has 142 valence electrons. The number of hydrogen-bond donors (Lipinski definition) is 2. The maximum Gasteiger partial charge on any atom is 0.229 e. The molecule has 2 heterocycles. The van der Waals surface area contributed by atoms with Crippen molar-refractivity contribution in [1.82, 2.24) is 9.88 Å². The Labute approximate surface area is 158 Å². The molecule has 1 aliphatic rings. The van der Waals surface area contributed by atoms with Crippen molar-refractivity contribution in [2.75, 3.05) is 30.7 Å². The number of anilines is 2. The summed E-state index contributed by atoms with van der Waals surface area (Å²) in [4.78, 5) is 30.6. The fraction of sp³-hybridized carbons (Fsp3) is 0.350. The molecule has 2 amide bonds. The summed E-state index contributed by atoms with van der Waals surface area (Å²) in [6.45, 7) is 1.43. The number of piperidine rings is 1. The maximum atomic E-state index is 12.5. The van der Waals surface area contributed by atoms with Gasteiger partial charge in [0.05, 0.1) is 30.8 Å². The highest BCUT2D eigenvalue weighted by molar-refractivity contribution is 5.93. The first-order chi connectivity index (χ1) is 13.1. The van der Waals surface area contributed by atoms with Crippen molar-refractivity contribution >= 4 is 23.3 Å². The number of amides is 2. The Morgan fingerprint density at radius 2 is 2.04 bits per heavy atom. The van der Waals surface area contributed by atoms with Gasteiger partial charge in [-0.25, -0.2) is 4.98 Å². The summed E-state index contributed by atoms with van der Waals surface area (Å²) < 4.78 is 5.59. The van der Waals surface area contributed by atoms with Gasteiger partial charge >= 0.3 is 0 Å². The molecule has 0 spiro atoms. The highest BCUT2D eigenvalue weighted by atomic mass is 16.5. The van der Waals surface area contributed by atoms with Crippen molar-refractivity contribution in [1.29, 1.82) is 0 Å². The van der Waals surface area contributed by atoms with Gasteiger partial charge in [0.15, 0.2) is 0 Å². The van der Waals surface area contributed by atoms with E-state index in [1.54, 1.807) is 17.0 Å². The van der Waals surface area contributed by atoms with Crippen molar-refractivity contribution in [3.05, 3.63) is 48.7 Å². The highest BCUT2D eigenvalue weighted by Crippen LogP contribution is 2.20. The fourth-order valence-corrected chi connectivity index (χ4v) is 3.07. The number of carbonyl (C=O) groups is 2. The Kier molecular flexibility index (Phi) is 6.25. The van der Waals surface area contributed by atoms with E-state index in [0.29, 0.717) is 37.6 Å². The zero-order valence-corrected chi connectivity index (χ0v) is 15.1. The summed E-state index contributed by atoms with van der Waals surface area (Å²) >= 11 is 0. The minimum absolute atomic E-state index is 0.0117. The molecular formula is C20H24N4O3. The predicted octanol–water partition coefficient (Wildman–Crippen LogP) is 2.31. The molecule has 1 aliphatic heterocycles. The lowest BCUT2D eigenvalue weighted by Crippen LogP contribution is -2.44. The fourth-order valence-electron chi connectivity index (χ4n) is 3.07. The van der Waals surface area contributed by atoms with Gasteiger partial charge in [0.25, 0.3) is 0 Å². The van der Waals surface area contributed by atoms with Crippen molar-refractivity contribution in [3.63, 3.8) is 0 Å². The first-order valence-corrected chi connectivity index (χ1v) is 9.10. The van der Waals surface area contributed by atoms with Gasteiger partial charge < -0.3 is 20.7 Å². The van der Waals surface area contributed by atoms with Crippen LogP contribution in [-0.2, 0) is 9.59 Å². The van der Waals surface area contributed by atoms with Crippen LogP contribution in [0.2, 0.25) is 0 Å². The molecule has 3 rings (SSSR count). The van der Waals surface area contributed by atoms with Crippen LogP contribution >= 0.6 is 0 Å². The van der Waals surface area contributed by atoms with Crippen LogP contribution in [0.25, 0.3) is 0 Å². The van der Waals surface area contributed by atoms with Crippen LogP contribution in [0.15, 0.2) is 48.7 Å². The predicted molar refractivity (Wildman–Crippen MR) is 103 cm³/mol. The van der Waals surface area contributed by atoms with Crippen LogP contribution in [0.4, 0.5) is 11.5 Å². The molecule has 1 aromatic heterocycles. The number of carbonyl (C=O) groups excluding carboxylic acids is 2. The maximum absolute atomic E-state index is 12.5. The summed E-state index contributed by atoms with van der Waals surface area (Å²) in [5, 5.41) is 2.84. The topological polar surface area (TPSA) is 97.6 Å². The SMILES string of the molecule is Nc1ccc(NC(=O)C2CCCN(C(=O)CCOc3ccccc3)C2)cn1. The molecule has 7 heteroatoms. The molecule has 0 radical (unpaired) electrons. The second-order valence-electron chi connectivity index (χ2n) is 6.55. The number of pyridine rings is 1. The van der Waals surface area contributed by atoms with E-state index in [2.05, 4.69) is 10.3 Å². The summed E-state index contributed by atoms with van der Waals surface area (Å²) in [6, 6.07) is 12.8. The second kappa shape index (κ2) is 9.02. The summed E-state index contributed by atoms with van der Waals surface area (Å²) in [5.74, 6) is 0.839. The highest BCUT2D eigenvalue weighted by Gasteiger charge is 2.28. The van der Waals surface area contributed by atoms with Gasteiger partial charge in [0.1, 0.15) is 11.6 Å². The van der Waals surface area contributed by atoms with Gasteiger partial charge in [-0.15, -0.1) is 0 Å². The number of nitrogens with two attached hydrogens (primary N) is 1. The summed E-state index contributed by atoms with van der Waals surface area (Å²) in [7, 11) is 0. The number of hydrogen-bond acceptors (Lipinski definition) is 5. The molecule has 27 heavy (non-hydrogen) atoms. The molecular weight excluding hydrogens is 344 g/mol. The van der Waals surface area contributed by atoms with Crippen molar-refractivity contribution in [2.24, 2.45) is 5.92 Å². The first kappa shape index (κ1) is 18.7. The lowest BCUT2D eigenvalue weighted by Gasteiger charge is -2.32. The van der Waals surface area contributed by atoms with Gasteiger partial charge in [-0.05, 0) is 37.1 Å². The molecule has 1 aromatic carbocycles. The first-order valence-electron chi connectivity index (χ1n) is 9.10. The molecule has 1 unspecified atom stereocenters. The molecule has 0 bridgehead atoms. The Morgan fingerprint density at radius 1 is 1.22 bits per heavy atom. The average molecular weight is 368 g/mol. The molecule has 1 atom stereocenters. The number of benzene rings is 1. The average Bonchev–Trinajstić information content (AvgIpc) is 2.70. The van der Waals surface area contributed by atoms with Crippen LogP contribution in [0.5, 0.6) is 5.75 Å². The lowest BCUT2D eigenvalue weighted by molar-refractivity contribution is -0.135. The van der Waals surface area contributed by atoms with E-state index < -0.39 is 0 Å². The third kappa shape index (κ3) is 5.44. The number of nitrogen functional groups attached to an aromatic ring is 1. The van der Waals surface area contributed by atoms with Crippen LogP contribution < -0.4 is 15.8 Å². The molecule has 1 fully saturated rings. The van der Waals surface area contributed by atoms with E-state index in [0.717, 1.165) is 18.6 Å². The van der Waals surface area contributed by atoms with Crippen molar-refractivity contribution in [2.45, 2.75) is 19.3 Å². The third-order valence-corrected chi connectivity index (χ3v) is 4.53. The Hall–Kier alpha value is -3.09. The van der Waals surface area contributed by atoms with E-state index in [1.165, 1.54) is 6.20 Å². The van der Waals surface area contributed by atoms with Crippen LogP contribution in [0, 0.1) is 5.92 Å². The van der Waals surface area contributed by atoms with E-state index in [4.69, 9.17) is 10.5 Å². The van der Waals surface area contributed by atoms with Gasteiger partial charge in [0.2, 0.25) is 11.8 Å². The summed E-state index contributed by atoms with van der Waals surface area (Å²) in [5.41, 5.74) is 6.16. The number of nitrogens with one attached hydrogen (secondary N) is 1. The minimum Gasteiger partial charge on any atom is -0.493 e. The molecule has 7 nitrogen and oxygen atoms in total. The van der Waals surface area contributed by atoms with Gasteiger partial charge in [-0.3, -0.25) is 9.59 Å². The minimum atomic E-state index is -0.227. The summed E-state index contributed by atoms with van der Waals surface area (Å²) in [6.07, 6.45) is 3.40. The Morgan fingerprint density at radius 3 is 2.78 bits per heavy atom. The van der Waals surface area contributed by atoms with Gasteiger partial charge in [-0.2, -0.15) is 0 Å². The molecule has 0 aliphatic carbocycles. The number of likely N-dealkylation sites (tertiary alicyclic amines) is 1. The van der Waals surface area contributed by atoms with E-state index >= 15 is 0 Å². The number of aromatic nitrogens is 1. The van der Waals surface area contributed by atoms with Crippen molar-refractivity contribution < 1.29 is 14.3 Å². The second-order valence-corrected chi connectivity index (χ2v) is 6.55. The van der Waals surface area contributed by atoms with Crippen LogP contribution in [-0.4, -0.2) is 41.4 Å². The molecule has 2 aromatic rings. The molecule has 3 N–H and O–H groups in total. The lowest BCUT2D eigenvalue weighted by atomic mass is 9.96. The number of ether oxygens (including phenoxy) is 1. The smallest absolute Gasteiger partial charge is 0.229 e.